The minimum Gasteiger partial charge on any atom is -0.398 e. The number of hydrogen-bond acceptors (Lipinski definition) is 3. The highest BCUT2D eigenvalue weighted by atomic mass is 32.1. The molecule has 1 heterocycles. The lowest BCUT2D eigenvalue weighted by Gasteiger charge is -2.23. The van der Waals surface area contributed by atoms with Crippen LogP contribution in [0.4, 0.5) is 18.9 Å². The number of anilines is 1. The third kappa shape index (κ3) is 4.74. The van der Waals surface area contributed by atoms with Gasteiger partial charge < -0.3 is 10.6 Å². The van der Waals surface area contributed by atoms with Gasteiger partial charge in [0.2, 0.25) is 0 Å². The predicted octanol–water partition coefficient (Wildman–Crippen LogP) is 3.44. The summed E-state index contributed by atoms with van der Waals surface area (Å²) >= 11 is 1.13. The molecule has 0 bridgehead atoms. The van der Waals surface area contributed by atoms with Crippen molar-refractivity contribution in [3.05, 3.63) is 15.8 Å². The molecule has 108 valence electrons. The number of rotatable bonds is 5. The van der Waals surface area contributed by atoms with Crippen LogP contribution in [0.1, 0.15) is 34.3 Å². The second kappa shape index (κ2) is 6.27. The molecule has 7 heteroatoms. The number of aryl methyl sites for hydroxylation is 1. The molecule has 1 amide bonds. The summed E-state index contributed by atoms with van der Waals surface area (Å²) in [5.74, 6) is -0.601. The minimum absolute atomic E-state index is 0.103. The smallest absolute Gasteiger partial charge is 0.398 e. The molecule has 0 saturated carbocycles. The van der Waals surface area contributed by atoms with E-state index in [1.165, 1.54) is 6.07 Å². The molecule has 19 heavy (non-hydrogen) atoms. The zero-order valence-electron chi connectivity index (χ0n) is 10.9. The maximum atomic E-state index is 12.5. The Morgan fingerprint density at radius 2 is 2.11 bits per heavy atom. The normalized spacial score (nSPS) is 11.6. The van der Waals surface area contributed by atoms with E-state index < -0.39 is 18.6 Å². The number of unbranched alkanes of at least 4 members (excludes halogenated alkanes) is 1. The number of carbonyl (C=O) groups excluding carboxylic acids is 1. The third-order valence-electron chi connectivity index (χ3n) is 2.61. The number of thiophene rings is 1. The lowest BCUT2D eigenvalue weighted by molar-refractivity contribution is -0.140. The average Bonchev–Trinajstić information content (AvgIpc) is 2.62. The molecule has 0 fully saturated rings. The molecule has 0 unspecified atom stereocenters. The van der Waals surface area contributed by atoms with E-state index in [2.05, 4.69) is 0 Å². The van der Waals surface area contributed by atoms with Crippen molar-refractivity contribution < 1.29 is 18.0 Å². The van der Waals surface area contributed by atoms with Gasteiger partial charge in [0.05, 0.1) is 4.88 Å². The van der Waals surface area contributed by atoms with Gasteiger partial charge in [-0.05, 0) is 19.4 Å². The monoisotopic (exact) mass is 294 g/mol. The molecule has 0 aliphatic heterocycles. The van der Waals surface area contributed by atoms with Gasteiger partial charge in [0, 0.05) is 17.1 Å². The number of nitrogen functional groups attached to an aromatic ring is 1. The van der Waals surface area contributed by atoms with Gasteiger partial charge in [-0.15, -0.1) is 11.3 Å². The van der Waals surface area contributed by atoms with Gasteiger partial charge in [0.1, 0.15) is 6.54 Å². The Morgan fingerprint density at radius 3 is 2.53 bits per heavy atom. The van der Waals surface area contributed by atoms with Crippen LogP contribution in [0.5, 0.6) is 0 Å². The predicted molar refractivity (Wildman–Crippen MR) is 70.3 cm³/mol. The van der Waals surface area contributed by atoms with Crippen LogP contribution in [0.25, 0.3) is 0 Å². The molecule has 0 spiro atoms. The van der Waals surface area contributed by atoms with Gasteiger partial charge in [-0.3, -0.25) is 4.79 Å². The van der Waals surface area contributed by atoms with Crippen molar-refractivity contribution in [2.75, 3.05) is 18.8 Å². The highest BCUT2D eigenvalue weighted by Gasteiger charge is 2.33. The van der Waals surface area contributed by atoms with E-state index in [0.717, 1.165) is 27.5 Å². The number of halogens is 3. The van der Waals surface area contributed by atoms with Gasteiger partial charge in [0.25, 0.3) is 5.91 Å². The standard InChI is InChI=1S/C12H17F3N2OS/c1-3-4-5-17(7-12(13,14)15)11(18)10-6-9(16)8(2)19-10/h6H,3-5,7,16H2,1-2H3. The van der Waals surface area contributed by atoms with Gasteiger partial charge in [-0.25, -0.2) is 0 Å². The second-order valence-corrected chi connectivity index (χ2v) is 5.57. The Hall–Kier alpha value is -1.24. The summed E-state index contributed by atoms with van der Waals surface area (Å²) < 4.78 is 37.4. The molecule has 0 aromatic carbocycles. The molecule has 0 saturated heterocycles. The Bertz CT molecular complexity index is 423. The zero-order valence-corrected chi connectivity index (χ0v) is 11.7. The highest BCUT2D eigenvalue weighted by molar-refractivity contribution is 7.14. The van der Waals surface area contributed by atoms with Crippen LogP contribution in [-0.2, 0) is 0 Å². The van der Waals surface area contributed by atoms with Crippen molar-refractivity contribution in [3.63, 3.8) is 0 Å². The van der Waals surface area contributed by atoms with Crippen molar-refractivity contribution in [1.82, 2.24) is 4.90 Å². The molecular weight excluding hydrogens is 277 g/mol. The SMILES string of the molecule is CCCCN(CC(F)(F)F)C(=O)c1cc(N)c(C)s1. The van der Waals surface area contributed by atoms with Crippen molar-refractivity contribution in [1.29, 1.82) is 0 Å². The number of carbonyl (C=O) groups is 1. The summed E-state index contributed by atoms with van der Waals surface area (Å²) in [4.78, 5) is 13.9. The molecule has 0 atom stereocenters. The van der Waals surface area contributed by atoms with E-state index in [1.807, 2.05) is 6.92 Å². The average molecular weight is 294 g/mol. The summed E-state index contributed by atoms with van der Waals surface area (Å²) in [5, 5.41) is 0. The Labute approximate surface area is 114 Å². The summed E-state index contributed by atoms with van der Waals surface area (Å²) in [7, 11) is 0. The Balaban J connectivity index is 2.87. The first-order valence-corrected chi connectivity index (χ1v) is 6.78. The van der Waals surface area contributed by atoms with Crippen LogP contribution < -0.4 is 5.73 Å². The summed E-state index contributed by atoms with van der Waals surface area (Å²) in [6.45, 7) is 2.48. The van der Waals surface area contributed by atoms with Crippen LogP contribution in [0, 0.1) is 6.92 Å². The van der Waals surface area contributed by atoms with Gasteiger partial charge in [0.15, 0.2) is 0 Å². The van der Waals surface area contributed by atoms with E-state index in [9.17, 15) is 18.0 Å². The molecule has 0 aliphatic rings. The van der Waals surface area contributed by atoms with E-state index in [4.69, 9.17) is 5.73 Å². The summed E-state index contributed by atoms with van der Waals surface area (Å²) in [6, 6.07) is 1.44. The van der Waals surface area contributed by atoms with Crippen LogP contribution in [0.3, 0.4) is 0 Å². The first-order valence-electron chi connectivity index (χ1n) is 5.96. The molecule has 2 N–H and O–H groups in total. The highest BCUT2D eigenvalue weighted by Crippen LogP contribution is 2.26. The Kier molecular flexibility index (Phi) is 5.22. The summed E-state index contributed by atoms with van der Waals surface area (Å²) in [6.07, 6.45) is -3.11. The number of alkyl halides is 3. The molecular formula is C12H17F3N2OS. The quantitative estimate of drug-likeness (QED) is 0.904. The van der Waals surface area contributed by atoms with E-state index >= 15 is 0 Å². The zero-order chi connectivity index (χ0) is 14.6. The van der Waals surface area contributed by atoms with E-state index in [1.54, 1.807) is 6.92 Å². The minimum atomic E-state index is -4.39. The molecule has 1 rings (SSSR count). The third-order valence-corrected chi connectivity index (χ3v) is 3.66. The number of nitrogens with two attached hydrogens (primary N) is 1. The second-order valence-electron chi connectivity index (χ2n) is 4.32. The van der Waals surface area contributed by atoms with Crippen molar-refractivity contribution in [2.24, 2.45) is 0 Å². The van der Waals surface area contributed by atoms with Crippen molar-refractivity contribution in [2.45, 2.75) is 32.9 Å². The fourth-order valence-corrected chi connectivity index (χ4v) is 2.48. The van der Waals surface area contributed by atoms with Crippen LogP contribution in [0.15, 0.2) is 6.07 Å². The summed E-state index contributed by atoms with van der Waals surface area (Å²) in [5.41, 5.74) is 6.06. The Morgan fingerprint density at radius 1 is 1.47 bits per heavy atom. The number of hydrogen-bond donors (Lipinski definition) is 1. The topological polar surface area (TPSA) is 46.3 Å². The largest absolute Gasteiger partial charge is 0.406 e. The number of nitrogens with zero attached hydrogens (tertiary/aromatic N) is 1. The molecule has 1 aromatic heterocycles. The number of amides is 1. The van der Waals surface area contributed by atoms with E-state index in [0.29, 0.717) is 12.1 Å². The van der Waals surface area contributed by atoms with Crippen molar-refractivity contribution >= 4 is 22.9 Å². The fraction of sp³-hybridized carbons (Fsp3) is 0.583. The van der Waals surface area contributed by atoms with Crippen LogP contribution in [0.2, 0.25) is 0 Å². The van der Waals surface area contributed by atoms with Crippen LogP contribution >= 0.6 is 11.3 Å². The lowest BCUT2D eigenvalue weighted by atomic mass is 10.3. The van der Waals surface area contributed by atoms with Crippen molar-refractivity contribution in [3.8, 4) is 0 Å². The van der Waals surface area contributed by atoms with Gasteiger partial charge >= 0.3 is 6.18 Å². The van der Waals surface area contributed by atoms with Crippen LogP contribution in [-0.4, -0.2) is 30.1 Å². The molecule has 1 aromatic rings. The maximum absolute atomic E-state index is 12.5. The lowest BCUT2D eigenvalue weighted by Crippen LogP contribution is -2.39. The molecule has 0 aliphatic carbocycles. The molecule has 3 nitrogen and oxygen atoms in total. The maximum Gasteiger partial charge on any atom is 0.406 e. The first kappa shape index (κ1) is 15.8. The first-order chi connectivity index (χ1) is 8.74. The van der Waals surface area contributed by atoms with Gasteiger partial charge in [-0.1, -0.05) is 13.3 Å². The van der Waals surface area contributed by atoms with E-state index in [-0.39, 0.29) is 11.4 Å². The fourth-order valence-electron chi connectivity index (χ4n) is 1.58. The van der Waals surface area contributed by atoms with Gasteiger partial charge in [-0.2, -0.15) is 13.2 Å². The molecule has 0 radical (unpaired) electrons.